The normalized spacial score (nSPS) is 24.5. The van der Waals surface area contributed by atoms with Crippen molar-refractivity contribution in [1.82, 2.24) is 5.32 Å². The maximum atomic E-state index is 12.7. The molecular weight excluding hydrogens is 228 g/mol. The number of hydrogen-bond donors (Lipinski definition) is 1. The molecule has 1 fully saturated rings. The first-order chi connectivity index (χ1) is 6.20. The Labute approximate surface area is 94.0 Å². The number of alkyl halides is 2. The molecule has 0 bridgehead atoms. The molecule has 0 radical (unpaired) electrons. The summed E-state index contributed by atoms with van der Waals surface area (Å²) in [4.78, 5) is 11.3. The molecule has 0 spiro atoms. The number of nitrogens with one attached hydrogen (secondary N) is 1. The molecule has 3 nitrogen and oxygen atoms in total. The lowest BCUT2D eigenvalue weighted by Gasteiger charge is -2.21. The summed E-state index contributed by atoms with van der Waals surface area (Å²) < 4.78 is 30.4. The fourth-order valence-corrected chi connectivity index (χ4v) is 1.26. The Hall–Kier alpha value is -0.420. The lowest BCUT2D eigenvalue weighted by molar-refractivity contribution is -0.157. The van der Waals surface area contributed by atoms with Crippen LogP contribution in [0.2, 0.25) is 0 Å². The smallest absolute Gasteiger partial charge is 0.323 e. The second-order valence-corrected chi connectivity index (χ2v) is 4.53. The van der Waals surface area contributed by atoms with E-state index < -0.39 is 36.5 Å². The largest absolute Gasteiger partial charge is 0.459 e. The minimum atomic E-state index is -2.79. The van der Waals surface area contributed by atoms with E-state index in [0.717, 1.165) is 0 Å². The third-order valence-corrected chi connectivity index (χ3v) is 1.80. The van der Waals surface area contributed by atoms with E-state index in [1.165, 1.54) is 0 Å². The summed E-state index contributed by atoms with van der Waals surface area (Å²) in [6.07, 6.45) is -0.470. The monoisotopic (exact) mass is 243 g/mol. The van der Waals surface area contributed by atoms with Crippen LogP contribution in [0, 0.1) is 0 Å². The van der Waals surface area contributed by atoms with Crippen molar-refractivity contribution >= 4 is 18.4 Å². The molecule has 0 amide bonds. The van der Waals surface area contributed by atoms with Crippen LogP contribution in [0.5, 0.6) is 0 Å². The molecule has 1 aliphatic heterocycles. The molecule has 0 aromatic rings. The number of esters is 1. The highest BCUT2D eigenvalue weighted by Crippen LogP contribution is 2.26. The van der Waals surface area contributed by atoms with Crippen LogP contribution in [0.15, 0.2) is 0 Å². The number of carbonyl (C=O) groups excluding carboxylic acids is 1. The van der Waals surface area contributed by atoms with Crippen LogP contribution in [0.1, 0.15) is 27.2 Å². The van der Waals surface area contributed by atoms with Crippen LogP contribution in [0.25, 0.3) is 0 Å². The predicted octanol–water partition coefficient (Wildman–Crippen LogP) is 1.75. The van der Waals surface area contributed by atoms with E-state index >= 15 is 0 Å². The first-order valence-corrected chi connectivity index (χ1v) is 4.54. The molecular formula is C9H16ClF2NO2. The lowest BCUT2D eigenvalue weighted by atomic mass is 10.1. The van der Waals surface area contributed by atoms with Crippen molar-refractivity contribution < 1.29 is 18.3 Å². The number of rotatable bonds is 1. The summed E-state index contributed by atoms with van der Waals surface area (Å²) in [6.45, 7) is 4.67. The number of carbonyl (C=O) groups is 1. The Morgan fingerprint density at radius 3 is 2.33 bits per heavy atom. The average molecular weight is 244 g/mol. The summed E-state index contributed by atoms with van der Waals surface area (Å²) in [7, 11) is 0. The molecule has 1 aliphatic rings. The molecule has 1 atom stereocenters. The van der Waals surface area contributed by atoms with Gasteiger partial charge < -0.3 is 4.74 Å². The first-order valence-electron chi connectivity index (χ1n) is 4.54. The average Bonchev–Trinajstić information content (AvgIpc) is 2.26. The predicted molar refractivity (Wildman–Crippen MR) is 54.4 cm³/mol. The zero-order valence-electron chi connectivity index (χ0n) is 8.97. The summed E-state index contributed by atoms with van der Waals surface area (Å²) in [6, 6.07) is -0.871. The summed E-state index contributed by atoms with van der Waals surface area (Å²) in [5, 5.41) is 2.44. The van der Waals surface area contributed by atoms with Crippen LogP contribution in [-0.4, -0.2) is 30.1 Å². The molecule has 0 saturated carbocycles. The van der Waals surface area contributed by atoms with E-state index in [4.69, 9.17) is 4.74 Å². The second-order valence-electron chi connectivity index (χ2n) is 4.53. The summed E-state index contributed by atoms with van der Waals surface area (Å²) >= 11 is 0. The van der Waals surface area contributed by atoms with Crippen LogP contribution >= 0.6 is 12.4 Å². The fraction of sp³-hybridized carbons (Fsp3) is 0.889. The van der Waals surface area contributed by atoms with E-state index in [0.29, 0.717) is 0 Å². The van der Waals surface area contributed by atoms with Crippen LogP contribution < -0.4 is 5.32 Å². The number of hydrogen-bond acceptors (Lipinski definition) is 3. The van der Waals surface area contributed by atoms with Gasteiger partial charge in [-0.25, -0.2) is 8.78 Å². The molecule has 1 rings (SSSR count). The van der Waals surface area contributed by atoms with Crippen molar-refractivity contribution in [3.05, 3.63) is 0 Å². The second kappa shape index (κ2) is 4.61. The molecule has 0 aromatic carbocycles. The van der Waals surface area contributed by atoms with Gasteiger partial charge in [-0.3, -0.25) is 10.1 Å². The van der Waals surface area contributed by atoms with Gasteiger partial charge in [0.2, 0.25) is 0 Å². The molecule has 15 heavy (non-hydrogen) atoms. The van der Waals surface area contributed by atoms with E-state index in [9.17, 15) is 13.6 Å². The van der Waals surface area contributed by atoms with Gasteiger partial charge in [0, 0.05) is 6.42 Å². The minimum absolute atomic E-state index is 0. The molecule has 6 heteroatoms. The molecule has 1 N–H and O–H groups in total. The van der Waals surface area contributed by atoms with Crippen molar-refractivity contribution in [3.63, 3.8) is 0 Å². The van der Waals surface area contributed by atoms with Gasteiger partial charge in [-0.1, -0.05) is 0 Å². The van der Waals surface area contributed by atoms with Gasteiger partial charge >= 0.3 is 5.97 Å². The van der Waals surface area contributed by atoms with E-state index in [-0.39, 0.29) is 12.4 Å². The Kier molecular flexibility index (Phi) is 4.49. The van der Waals surface area contributed by atoms with Gasteiger partial charge in [0.05, 0.1) is 6.54 Å². The third kappa shape index (κ3) is 4.75. The van der Waals surface area contributed by atoms with Crippen molar-refractivity contribution in [2.45, 2.75) is 44.8 Å². The zero-order chi connectivity index (χ0) is 11.0. The highest BCUT2D eigenvalue weighted by atomic mass is 35.5. The van der Waals surface area contributed by atoms with E-state index in [2.05, 4.69) is 5.32 Å². The SMILES string of the molecule is CC(C)(C)OC(=O)[C@@H]1CC(F)(F)CN1.Cl. The Bertz CT molecular complexity index is 241. The van der Waals surface area contributed by atoms with Gasteiger partial charge in [0.1, 0.15) is 11.6 Å². The fourth-order valence-electron chi connectivity index (χ4n) is 1.26. The lowest BCUT2D eigenvalue weighted by Crippen LogP contribution is -2.37. The van der Waals surface area contributed by atoms with Gasteiger partial charge in [-0.2, -0.15) is 0 Å². The standard InChI is InChI=1S/C9H15F2NO2.ClH/c1-8(2,3)14-7(13)6-4-9(10,11)5-12-6;/h6,12H,4-5H2,1-3H3;1H/t6-;/m0./s1. The molecule has 1 saturated heterocycles. The molecule has 0 aliphatic carbocycles. The topological polar surface area (TPSA) is 38.3 Å². The third-order valence-electron chi connectivity index (χ3n) is 1.80. The Morgan fingerprint density at radius 2 is 2.00 bits per heavy atom. The van der Waals surface area contributed by atoms with Gasteiger partial charge in [0.15, 0.2) is 0 Å². The van der Waals surface area contributed by atoms with Crippen molar-refractivity contribution in [3.8, 4) is 0 Å². The van der Waals surface area contributed by atoms with Crippen LogP contribution in [0.4, 0.5) is 8.78 Å². The summed E-state index contributed by atoms with van der Waals surface area (Å²) in [5.74, 6) is -3.39. The molecule has 0 aromatic heterocycles. The molecule has 0 unspecified atom stereocenters. The van der Waals surface area contributed by atoms with Crippen LogP contribution in [0.3, 0.4) is 0 Å². The first kappa shape index (κ1) is 14.6. The van der Waals surface area contributed by atoms with Gasteiger partial charge in [-0.05, 0) is 20.8 Å². The molecule has 1 heterocycles. The van der Waals surface area contributed by atoms with Crippen molar-refractivity contribution in [1.29, 1.82) is 0 Å². The maximum Gasteiger partial charge on any atom is 0.323 e. The quantitative estimate of drug-likeness (QED) is 0.713. The van der Waals surface area contributed by atoms with Crippen molar-refractivity contribution in [2.75, 3.05) is 6.54 Å². The molecule has 90 valence electrons. The highest BCUT2D eigenvalue weighted by molar-refractivity contribution is 5.85. The van der Waals surface area contributed by atoms with E-state index in [1.54, 1.807) is 20.8 Å². The zero-order valence-corrected chi connectivity index (χ0v) is 9.79. The number of ether oxygens (including phenoxy) is 1. The minimum Gasteiger partial charge on any atom is -0.459 e. The maximum absolute atomic E-state index is 12.7. The number of halogens is 3. The Balaban J connectivity index is 0.00000196. The summed E-state index contributed by atoms with van der Waals surface area (Å²) in [5.41, 5.74) is -0.628. The highest BCUT2D eigenvalue weighted by Gasteiger charge is 2.43. The Morgan fingerprint density at radius 1 is 1.47 bits per heavy atom. The van der Waals surface area contributed by atoms with Crippen LogP contribution in [-0.2, 0) is 9.53 Å². The van der Waals surface area contributed by atoms with Gasteiger partial charge in [0.25, 0.3) is 5.92 Å². The van der Waals surface area contributed by atoms with Gasteiger partial charge in [-0.15, -0.1) is 12.4 Å². The van der Waals surface area contributed by atoms with Crippen molar-refractivity contribution in [2.24, 2.45) is 0 Å². The van der Waals surface area contributed by atoms with E-state index in [1.807, 2.05) is 0 Å².